The number of hydrogen-bond acceptors (Lipinski definition) is 6. The van der Waals surface area contributed by atoms with Gasteiger partial charge in [-0.1, -0.05) is 36.4 Å². The molecule has 2 aromatic heterocycles. The maximum absolute atomic E-state index is 13.0. The first-order chi connectivity index (χ1) is 23.8. The SMILES string of the molecule is CC(C)(C)OC(=O)N1CCC[C@H]1c1nc2c(ccc3cc(-c4ccc5ccc6[nH]c([C@@H]7CCCN7C(=O)OC(C)(C)C)nc6c5c4)ccc32)[nH]1. The van der Waals surface area contributed by atoms with Crippen LogP contribution in [0.15, 0.2) is 60.7 Å². The van der Waals surface area contributed by atoms with Gasteiger partial charge in [-0.2, -0.15) is 0 Å². The van der Waals surface area contributed by atoms with Crippen molar-refractivity contribution in [2.45, 2.75) is 90.5 Å². The number of carbonyl (C=O) groups excluding carboxylic acids is 2. The molecule has 2 atom stereocenters. The number of ether oxygens (including phenoxy) is 2. The Labute approximate surface area is 291 Å². The molecule has 0 saturated carbocycles. The van der Waals surface area contributed by atoms with E-state index in [4.69, 9.17) is 19.4 Å². The molecule has 10 nitrogen and oxygen atoms in total. The fraction of sp³-hybridized carbons (Fsp3) is 0.400. The van der Waals surface area contributed by atoms with Crippen LogP contribution < -0.4 is 0 Å². The minimum atomic E-state index is -0.554. The second kappa shape index (κ2) is 11.7. The monoisotopic (exact) mass is 672 g/mol. The molecule has 258 valence electrons. The molecule has 0 aliphatic carbocycles. The van der Waals surface area contributed by atoms with Crippen molar-refractivity contribution >= 4 is 55.8 Å². The molecule has 50 heavy (non-hydrogen) atoms. The van der Waals surface area contributed by atoms with Crippen molar-refractivity contribution in [2.24, 2.45) is 0 Å². The molecule has 2 amide bonds. The highest BCUT2D eigenvalue weighted by Gasteiger charge is 2.36. The number of aromatic amines is 2. The topological polar surface area (TPSA) is 116 Å². The number of hydrogen-bond donors (Lipinski definition) is 2. The van der Waals surface area contributed by atoms with E-state index >= 15 is 0 Å². The van der Waals surface area contributed by atoms with Crippen molar-refractivity contribution in [1.29, 1.82) is 0 Å². The lowest BCUT2D eigenvalue weighted by atomic mass is 9.98. The van der Waals surface area contributed by atoms with E-state index in [2.05, 4.69) is 70.6 Å². The second-order valence-corrected chi connectivity index (χ2v) is 15.7. The highest BCUT2D eigenvalue weighted by Crippen LogP contribution is 2.38. The van der Waals surface area contributed by atoms with Crippen LogP contribution in [-0.2, 0) is 9.47 Å². The molecule has 4 heterocycles. The molecule has 2 N–H and O–H groups in total. The van der Waals surface area contributed by atoms with Crippen molar-refractivity contribution in [3.05, 3.63) is 72.3 Å². The van der Waals surface area contributed by atoms with Gasteiger partial charge in [0.15, 0.2) is 0 Å². The van der Waals surface area contributed by atoms with E-state index in [0.29, 0.717) is 13.1 Å². The van der Waals surface area contributed by atoms with Crippen molar-refractivity contribution in [3.8, 4) is 11.1 Å². The molecule has 2 fully saturated rings. The number of benzene rings is 4. The zero-order chi connectivity index (χ0) is 34.9. The number of nitrogens with one attached hydrogen (secondary N) is 2. The van der Waals surface area contributed by atoms with Gasteiger partial charge in [0.05, 0.1) is 34.2 Å². The summed E-state index contributed by atoms with van der Waals surface area (Å²) in [5.41, 5.74) is 4.78. The summed E-state index contributed by atoms with van der Waals surface area (Å²) in [4.78, 5) is 46.8. The maximum Gasteiger partial charge on any atom is 0.410 e. The average Bonchev–Trinajstić information content (AvgIpc) is 3.87. The number of rotatable bonds is 3. The molecule has 0 unspecified atom stereocenters. The summed E-state index contributed by atoms with van der Waals surface area (Å²) in [6.45, 7) is 12.7. The Morgan fingerprint density at radius 3 is 1.68 bits per heavy atom. The summed E-state index contributed by atoms with van der Waals surface area (Å²) in [6, 6.07) is 21.1. The van der Waals surface area contributed by atoms with Gasteiger partial charge in [0, 0.05) is 23.9 Å². The predicted octanol–water partition coefficient (Wildman–Crippen LogP) is 9.56. The standard InChI is InChI=1S/C40H44N6O4/c1-39(2,3)49-37(47)45-19-7-9-31(45)35-41-29-18-15-26-21-24(13-16-27(26)33(29)43-35)25-12-11-23-14-17-30-34(28(23)22-25)44-36(42-30)32-10-8-20-46(32)38(48)50-40(4,5)6/h11-18,21-22,31-32H,7-10,19-20H2,1-6H3,(H,41,43)(H,42,44)/t31-,32-/m0/s1. The molecule has 0 bridgehead atoms. The van der Waals surface area contributed by atoms with Gasteiger partial charge < -0.3 is 19.4 Å². The Hall–Kier alpha value is -5.12. The molecule has 0 radical (unpaired) electrons. The molecular formula is C40H44N6O4. The molecule has 0 spiro atoms. The van der Waals surface area contributed by atoms with Crippen LogP contribution in [0.25, 0.3) is 54.7 Å². The van der Waals surface area contributed by atoms with E-state index in [1.807, 2.05) is 41.5 Å². The Balaban J connectivity index is 1.11. The van der Waals surface area contributed by atoms with E-state index in [0.717, 1.165) is 92.1 Å². The van der Waals surface area contributed by atoms with Gasteiger partial charge in [-0.3, -0.25) is 9.80 Å². The average molecular weight is 673 g/mol. The minimum Gasteiger partial charge on any atom is -0.444 e. The first-order valence-corrected chi connectivity index (χ1v) is 17.7. The molecule has 4 aromatic carbocycles. The van der Waals surface area contributed by atoms with Crippen LogP contribution in [0.3, 0.4) is 0 Å². The van der Waals surface area contributed by atoms with Crippen molar-refractivity contribution in [1.82, 2.24) is 29.7 Å². The molecule has 2 aliphatic heterocycles. The number of aromatic nitrogens is 4. The Bertz CT molecular complexity index is 2290. The van der Waals surface area contributed by atoms with Crippen LogP contribution in [0, 0.1) is 0 Å². The largest absolute Gasteiger partial charge is 0.444 e. The van der Waals surface area contributed by atoms with E-state index in [1.165, 1.54) is 0 Å². The fourth-order valence-electron chi connectivity index (χ4n) is 7.49. The van der Waals surface area contributed by atoms with Crippen LogP contribution in [0.1, 0.15) is 91.0 Å². The van der Waals surface area contributed by atoms with Gasteiger partial charge in [-0.25, -0.2) is 19.6 Å². The first kappa shape index (κ1) is 32.1. The summed E-state index contributed by atoms with van der Waals surface area (Å²) < 4.78 is 11.4. The number of carbonyl (C=O) groups is 2. The van der Waals surface area contributed by atoms with Crippen LogP contribution in [0.4, 0.5) is 9.59 Å². The highest BCUT2D eigenvalue weighted by atomic mass is 16.6. The number of nitrogens with zero attached hydrogens (tertiary/aromatic N) is 4. The maximum atomic E-state index is 13.0. The third-order valence-electron chi connectivity index (χ3n) is 9.70. The number of likely N-dealkylation sites (tertiary alicyclic amines) is 2. The minimum absolute atomic E-state index is 0.141. The van der Waals surface area contributed by atoms with E-state index < -0.39 is 11.2 Å². The molecule has 6 aromatic rings. The van der Waals surface area contributed by atoms with Gasteiger partial charge >= 0.3 is 12.2 Å². The van der Waals surface area contributed by atoms with Crippen LogP contribution >= 0.6 is 0 Å². The third-order valence-corrected chi connectivity index (χ3v) is 9.70. The number of amides is 2. The zero-order valence-corrected chi connectivity index (χ0v) is 29.6. The Kier molecular flexibility index (Phi) is 7.54. The lowest BCUT2D eigenvalue weighted by Gasteiger charge is -2.27. The Morgan fingerprint density at radius 1 is 0.640 bits per heavy atom. The summed E-state index contributed by atoms with van der Waals surface area (Å²) in [6.07, 6.45) is 2.91. The normalized spacial score (nSPS) is 18.6. The molecule has 8 rings (SSSR count). The van der Waals surface area contributed by atoms with E-state index in [9.17, 15) is 9.59 Å². The third kappa shape index (κ3) is 5.90. The summed E-state index contributed by atoms with van der Waals surface area (Å²) >= 11 is 0. The highest BCUT2D eigenvalue weighted by molar-refractivity contribution is 6.08. The number of H-pyrrole nitrogens is 2. The summed E-state index contributed by atoms with van der Waals surface area (Å²) in [7, 11) is 0. The molecule has 10 heteroatoms. The van der Waals surface area contributed by atoms with Gasteiger partial charge in [0.1, 0.15) is 22.9 Å². The molecule has 2 saturated heterocycles. The second-order valence-electron chi connectivity index (χ2n) is 15.7. The number of fused-ring (bicyclic) bond motifs is 6. The fourth-order valence-corrected chi connectivity index (χ4v) is 7.49. The lowest BCUT2D eigenvalue weighted by molar-refractivity contribution is 0.0208. The molecular weight excluding hydrogens is 628 g/mol. The van der Waals surface area contributed by atoms with Crippen molar-refractivity contribution in [3.63, 3.8) is 0 Å². The predicted molar refractivity (Wildman–Crippen MR) is 196 cm³/mol. The van der Waals surface area contributed by atoms with Crippen LogP contribution in [0.2, 0.25) is 0 Å². The molecule has 2 aliphatic rings. The first-order valence-electron chi connectivity index (χ1n) is 17.7. The van der Waals surface area contributed by atoms with Gasteiger partial charge in [0.25, 0.3) is 0 Å². The summed E-state index contributed by atoms with van der Waals surface area (Å²) in [5, 5.41) is 4.31. The lowest BCUT2D eigenvalue weighted by Crippen LogP contribution is -2.36. The van der Waals surface area contributed by atoms with E-state index in [1.54, 1.807) is 9.80 Å². The smallest absolute Gasteiger partial charge is 0.410 e. The van der Waals surface area contributed by atoms with Crippen LogP contribution in [-0.4, -0.2) is 66.2 Å². The summed E-state index contributed by atoms with van der Waals surface area (Å²) in [5.74, 6) is 1.59. The Morgan fingerprint density at radius 2 is 1.12 bits per heavy atom. The quantitative estimate of drug-likeness (QED) is 0.193. The van der Waals surface area contributed by atoms with E-state index in [-0.39, 0.29) is 24.3 Å². The van der Waals surface area contributed by atoms with Crippen LogP contribution in [0.5, 0.6) is 0 Å². The number of imidazole rings is 2. The van der Waals surface area contributed by atoms with Gasteiger partial charge in [-0.15, -0.1) is 0 Å². The van der Waals surface area contributed by atoms with Gasteiger partial charge in [0.2, 0.25) is 0 Å². The van der Waals surface area contributed by atoms with Gasteiger partial charge in [-0.05, 0) is 113 Å². The zero-order valence-electron chi connectivity index (χ0n) is 29.6. The van der Waals surface area contributed by atoms with Crippen molar-refractivity contribution < 1.29 is 19.1 Å². The van der Waals surface area contributed by atoms with Crippen molar-refractivity contribution in [2.75, 3.05) is 13.1 Å².